The van der Waals surface area contributed by atoms with Crippen molar-refractivity contribution in [1.29, 1.82) is 0 Å². The van der Waals surface area contributed by atoms with Crippen LogP contribution < -0.4 is 5.32 Å². The standard InChI is InChI=1S/C20H20F2N2O5S/c1-29-20(26)15-4-2-3-5-18(15)30(27,28)24-10-8-13(9-11-24)19(25)23-17-12-14(21)6-7-16(17)22/h2-7,12-13H,8-11H2,1H3,(H,23,25). The molecule has 2 aromatic rings. The van der Waals surface area contributed by atoms with E-state index in [1.807, 2.05) is 0 Å². The van der Waals surface area contributed by atoms with E-state index in [0.717, 1.165) is 25.3 Å². The molecule has 160 valence electrons. The van der Waals surface area contributed by atoms with Crippen molar-refractivity contribution in [3.05, 3.63) is 59.7 Å². The van der Waals surface area contributed by atoms with E-state index in [-0.39, 0.29) is 42.1 Å². The molecule has 1 saturated heterocycles. The lowest BCUT2D eigenvalue weighted by atomic mass is 9.97. The van der Waals surface area contributed by atoms with Crippen LogP contribution in [0.3, 0.4) is 0 Å². The topological polar surface area (TPSA) is 92.8 Å². The number of hydrogen-bond acceptors (Lipinski definition) is 5. The largest absolute Gasteiger partial charge is 0.465 e. The Morgan fingerprint density at radius 3 is 2.43 bits per heavy atom. The third kappa shape index (κ3) is 4.49. The number of piperidine rings is 1. The van der Waals surface area contributed by atoms with E-state index >= 15 is 0 Å². The monoisotopic (exact) mass is 438 g/mol. The van der Waals surface area contributed by atoms with E-state index in [9.17, 15) is 26.8 Å². The van der Waals surface area contributed by atoms with Crippen molar-refractivity contribution in [2.45, 2.75) is 17.7 Å². The van der Waals surface area contributed by atoms with Gasteiger partial charge in [0.05, 0.1) is 23.3 Å². The summed E-state index contributed by atoms with van der Waals surface area (Å²) < 4.78 is 58.9. The highest BCUT2D eigenvalue weighted by molar-refractivity contribution is 7.89. The first kappa shape index (κ1) is 21.8. The molecule has 0 spiro atoms. The van der Waals surface area contributed by atoms with Gasteiger partial charge in [-0.1, -0.05) is 12.1 Å². The van der Waals surface area contributed by atoms with Gasteiger partial charge in [0.25, 0.3) is 0 Å². The quantitative estimate of drug-likeness (QED) is 0.725. The number of carbonyl (C=O) groups excluding carboxylic acids is 2. The number of halogens is 2. The van der Waals surface area contributed by atoms with Gasteiger partial charge in [-0.3, -0.25) is 4.79 Å². The van der Waals surface area contributed by atoms with E-state index in [2.05, 4.69) is 10.1 Å². The van der Waals surface area contributed by atoms with Crippen molar-refractivity contribution < 1.29 is 31.5 Å². The number of nitrogens with zero attached hydrogens (tertiary/aromatic N) is 1. The third-order valence-corrected chi connectivity index (χ3v) is 6.88. The minimum Gasteiger partial charge on any atom is -0.465 e. The SMILES string of the molecule is COC(=O)c1ccccc1S(=O)(=O)N1CCC(C(=O)Nc2cc(F)ccc2F)CC1. The molecule has 0 radical (unpaired) electrons. The summed E-state index contributed by atoms with van der Waals surface area (Å²) in [5.74, 6) is -3.27. The first-order valence-corrected chi connectivity index (χ1v) is 10.6. The van der Waals surface area contributed by atoms with Crippen molar-refractivity contribution >= 4 is 27.6 Å². The maximum atomic E-state index is 13.7. The smallest absolute Gasteiger partial charge is 0.339 e. The number of amides is 1. The predicted molar refractivity (Wildman–Crippen MR) is 104 cm³/mol. The molecule has 1 heterocycles. The molecule has 3 rings (SSSR count). The second-order valence-corrected chi connectivity index (χ2v) is 8.69. The molecule has 7 nitrogen and oxygen atoms in total. The molecule has 0 bridgehead atoms. The summed E-state index contributed by atoms with van der Waals surface area (Å²) in [4.78, 5) is 24.2. The summed E-state index contributed by atoms with van der Waals surface area (Å²) >= 11 is 0. The fraction of sp³-hybridized carbons (Fsp3) is 0.300. The number of sulfonamides is 1. The van der Waals surface area contributed by atoms with Crippen molar-refractivity contribution in [2.75, 3.05) is 25.5 Å². The van der Waals surface area contributed by atoms with Crippen molar-refractivity contribution in [3.63, 3.8) is 0 Å². The highest BCUT2D eigenvalue weighted by Gasteiger charge is 2.34. The number of esters is 1. The van der Waals surface area contributed by atoms with Gasteiger partial charge in [0.2, 0.25) is 15.9 Å². The summed E-state index contributed by atoms with van der Waals surface area (Å²) in [6.45, 7) is 0.0864. The average Bonchev–Trinajstić information content (AvgIpc) is 2.75. The van der Waals surface area contributed by atoms with Gasteiger partial charge < -0.3 is 10.1 Å². The van der Waals surface area contributed by atoms with Gasteiger partial charge in [-0.15, -0.1) is 0 Å². The minimum atomic E-state index is -3.98. The van der Waals surface area contributed by atoms with Crippen LogP contribution in [0.5, 0.6) is 0 Å². The summed E-state index contributed by atoms with van der Waals surface area (Å²) in [6.07, 6.45) is 0.394. The van der Waals surface area contributed by atoms with Crippen LogP contribution in [-0.4, -0.2) is 44.8 Å². The lowest BCUT2D eigenvalue weighted by molar-refractivity contribution is -0.120. The minimum absolute atomic E-state index is 0.0432. The van der Waals surface area contributed by atoms with Crippen molar-refractivity contribution in [1.82, 2.24) is 4.31 Å². The third-order valence-electron chi connectivity index (χ3n) is 4.92. The van der Waals surface area contributed by atoms with Crippen LogP contribution >= 0.6 is 0 Å². The first-order chi connectivity index (χ1) is 14.2. The van der Waals surface area contributed by atoms with E-state index in [4.69, 9.17) is 0 Å². The van der Waals surface area contributed by atoms with Gasteiger partial charge in [0.1, 0.15) is 11.6 Å². The molecule has 0 aromatic heterocycles. The molecule has 0 unspecified atom stereocenters. The molecular weight excluding hydrogens is 418 g/mol. The van der Waals surface area contributed by atoms with E-state index < -0.39 is 39.5 Å². The molecule has 1 aliphatic heterocycles. The Hall–Kier alpha value is -2.85. The second kappa shape index (κ2) is 8.88. The zero-order valence-electron chi connectivity index (χ0n) is 16.1. The molecular formula is C20H20F2N2O5S. The fourth-order valence-corrected chi connectivity index (χ4v) is 4.95. The van der Waals surface area contributed by atoms with E-state index in [1.165, 1.54) is 28.6 Å². The summed E-state index contributed by atoms with van der Waals surface area (Å²) in [5.41, 5.74) is -0.330. The van der Waals surface area contributed by atoms with Gasteiger partial charge >= 0.3 is 5.97 Å². The maximum Gasteiger partial charge on any atom is 0.339 e. The lowest BCUT2D eigenvalue weighted by Gasteiger charge is -2.31. The highest BCUT2D eigenvalue weighted by Crippen LogP contribution is 2.27. The van der Waals surface area contributed by atoms with Gasteiger partial charge in [0, 0.05) is 25.1 Å². The Kier molecular flexibility index (Phi) is 6.47. The van der Waals surface area contributed by atoms with Crippen LogP contribution in [-0.2, 0) is 19.6 Å². The maximum absolute atomic E-state index is 13.7. The Morgan fingerprint density at radius 1 is 1.10 bits per heavy atom. The molecule has 1 fully saturated rings. The molecule has 0 saturated carbocycles. The van der Waals surface area contributed by atoms with Crippen molar-refractivity contribution in [2.24, 2.45) is 5.92 Å². The zero-order chi connectivity index (χ0) is 21.9. The first-order valence-electron chi connectivity index (χ1n) is 9.17. The van der Waals surface area contributed by atoms with Crippen LogP contribution in [0.25, 0.3) is 0 Å². The van der Waals surface area contributed by atoms with Gasteiger partial charge in [-0.25, -0.2) is 22.0 Å². The van der Waals surface area contributed by atoms with Crippen molar-refractivity contribution in [3.8, 4) is 0 Å². The number of rotatable bonds is 5. The normalized spacial score (nSPS) is 15.6. The molecule has 0 aliphatic carbocycles. The molecule has 1 aliphatic rings. The highest BCUT2D eigenvalue weighted by atomic mass is 32.2. The lowest BCUT2D eigenvalue weighted by Crippen LogP contribution is -2.41. The van der Waals surface area contributed by atoms with Crippen LogP contribution in [0.4, 0.5) is 14.5 Å². The molecule has 1 amide bonds. The zero-order valence-corrected chi connectivity index (χ0v) is 16.9. The van der Waals surface area contributed by atoms with Gasteiger partial charge in [-0.2, -0.15) is 4.31 Å². The number of benzene rings is 2. The fourth-order valence-electron chi connectivity index (χ4n) is 3.30. The summed E-state index contributed by atoms with van der Waals surface area (Å²) in [6, 6.07) is 8.48. The van der Waals surface area contributed by atoms with E-state index in [1.54, 1.807) is 0 Å². The Balaban J connectivity index is 1.70. The number of hydrogen-bond donors (Lipinski definition) is 1. The predicted octanol–water partition coefficient (Wildman–Crippen LogP) is 2.79. The Morgan fingerprint density at radius 2 is 1.77 bits per heavy atom. The number of anilines is 1. The number of nitrogens with one attached hydrogen (secondary N) is 1. The molecule has 1 N–H and O–H groups in total. The number of ether oxygens (including phenoxy) is 1. The van der Waals surface area contributed by atoms with Crippen LogP contribution in [0.15, 0.2) is 47.4 Å². The van der Waals surface area contributed by atoms with Gasteiger partial charge in [-0.05, 0) is 37.1 Å². The summed E-state index contributed by atoms with van der Waals surface area (Å²) in [5, 5.41) is 2.35. The molecule has 0 atom stereocenters. The van der Waals surface area contributed by atoms with Gasteiger partial charge in [0.15, 0.2) is 0 Å². The molecule has 30 heavy (non-hydrogen) atoms. The van der Waals surface area contributed by atoms with Crippen LogP contribution in [0.2, 0.25) is 0 Å². The molecule has 2 aromatic carbocycles. The second-order valence-electron chi connectivity index (χ2n) is 6.78. The van der Waals surface area contributed by atoms with E-state index in [0.29, 0.717) is 0 Å². The summed E-state index contributed by atoms with van der Waals surface area (Å²) in [7, 11) is -2.81. The molecule has 10 heteroatoms. The number of carbonyl (C=O) groups is 2. The van der Waals surface area contributed by atoms with Crippen LogP contribution in [0.1, 0.15) is 23.2 Å². The average molecular weight is 438 g/mol. The Labute approximate surface area is 172 Å². The van der Waals surface area contributed by atoms with Crippen LogP contribution in [0, 0.1) is 17.6 Å². The number of methoxy groups -OCH3 is 1. The Bertz CT molecular complexity index is 1070.